The van der Waals surface area contributed by atoms with Crippen molar-refractivity contribution in [1.29, 1.82) is 0 Å². The summed E-state index contributed by atoms with van der Waals surface area (Å²) < 4.78 is 27.2. The van der Waals surface area contributed by atoms with E-state index in [1.54, 1.807) is 28.6 Å². The smallest absolute Gasteiger partial charge is 0.243 e. The highest BCUT2D eigenvalue weighted by Gasteiger charge is 2.27. The molecule has 1 aromatic heterocycles. The normalized spacial score (nSPS) is 16.0. The van der Waals surface area contributed by atoms with Gasteiger partial charge >= 0.3 is 0 Å². The van der Waals surface area contributed by atoms with Crippen LogP contribution >= 0.6 is 0 Å². The molecule has 7 heteroatoms. The average molecular weight is 426 g/mol. The van der Waals surface area contributed by atoms with Gasteiger partial charge in [-0.15, -0.1) is 0 Å². The first-order chi connectivity index (χ1) is 14.4. The molecule has 0 saturated carbocycles. The van der Waals surface area contributed by atoms with Gasteiger partial charge in [0.25, 0.3) is 0 Å². The second-order valence-electron chi connectivity index (χ2n) is 8.02. The van der Waals surface area contributed by atoms with Crippen LogP contribution in [0, 0.1) is 5.92 Å². The zero-order valence-corrected chi connectivity index (χ0v) is 17.9. The van der Waals surface area contributed by atoms with E-state index in [0.717, 1.165) is 29.3 Å². The van der Waals surface area contributed by atoms with Crippen LogP contribution in [0.1, 0.15) is 31.7 Å². The predicted molar refractivity (Wildman–Crippen MR) is 119 cm³/mol. The standard InChI is InChI=1S/C23H27N3O3S/c1-17-12-14-26(15-13-17)30(28,29)20-9-7-19(8-10-20)25-23(27)11-6-18-16-24-22-5-3-2-4-21(18)22/h2-5,7-10,16-17,24H,6,11-15H2,1H3,(H,25,27). The fourth-order valence-electron chi connectivity index (χ4n) is 3.89. The molecular formula is C23H27N3O3S. The van der Waals surface area contributed by atoms with Crippen molar-refractivity contribution < 1.29 is 13.2 Å². The van der Waals surface area contributed by atoms with Crippen molar-refractivity contribution in [3.63, 3.8) is 0 Å². The maximum atomic E-state index is 12.8. The lowest BCUT2D eigenvalue weighted by atomic mass is 10.0. The van der Waals surface area contributed by atoms with Crippen LogP contribution in [-0.4, -0.2) is 36.7 Å². The summed E-state index contributed by atoms with van der Waals surface area (Å²) >= 11 is 0. The number of carbonyl (C=O) groups excluding carboxylic acids is 1. The number of fused-ring (bicyclic) bond motifs is 1. The van der Waals surface area contributed by atoms with Crippen LogP contribution in [0.2, 0.25) is 0 Å². The summed E-state index contributed by atoms with van der Waals surface area (Å²) in [6.45, 7) is 3.28. The molecule has 6 nitrogen and oxygen atoms in total. The SMILES string of the molecule is CC1CCN(S(=O)(=O)c2ccc(NC(=O)CCc3c[nH]c4ccccc34)cc2)CC1. The first kappa shape index (κ1) is 20.6. The molecule has 1 aliphatic heterocycles. The van der Waals surface area contributed by atoms with Crippen molar-refractivity contribution in [2.75, 3.05) is 18.4 Å². The number of anilines is 1. The highest BCUT2D eigenvalue weighted by molar-refractivity contribution is 7.89. The highest BCUT2D eigenvalue weighted by atomic mass is 32.2. The molecule has 2 heterocycles. The van der Waals surface area contributed by atoms with Gasteiger partial charge in [-0.3, -0.25) is 4.79 Å². The number of carbonyl (C=O) groups is 1. The first-order valence-corrected chi connectivity index (χ1v) is 11.8. The van der Waals surface area contributed by atoms with Crippen molar-refractivity contribution in [3.8, 4) is 0 Å². The lowest BCUT2D eigenvalue weighted by molar-refractivity contribution is -0.116. The van der Waals surface area contributed by atoms with Crippen molar-refractivity contribution in [3.05, 3.63) is 60.3 Å². The third-order valence-electron chi connectivity index (χ3n) is 5.81. The Balaban J connectivity index is 1.35. The second-order valence-corrected chi connectivity index (χ2v) is 9.96. The molecule has 0 aliphatic carbocycles. The summed E-state index contributed by atoms with van der Waals surface area (Å²) in [5.74, 6) is 0.471. The number of aromatic amines is 1. The van der Waals surface area contributed by atoms with E-state index in [1.165, 1.54) is 0 Å². The van der Waals surface area contributed by atoms with Crippen LogP contribution in [0.3, 0.4) is 0 Å². The molecule has 2 N–H and O–H groups in total. The number of nitrogens with one attached hydrogen (secondary N) is 2. The minimum atomic E-state index is -3.47. The third kappa shape index (κ3) is 4.42. The van der Waals surface area contributed by atoms with E-state index < -0.39 is 10.0 Å². The molecule has 158 valence electrons. The van der Waals surface area contributed by atoms with Gasteiger partial charge in [0, 0.05) is 42.3 Å². The Hall–Kier alpha value is -2.64. The van der Waals surface area contributed by atoms with E-state index in [2.05, 4.69) is 17.2 Å². The summed E-state index contributed by atoms with van der Waals surface area (Å²) in [7, 11) is -3.47. The Bertz CT molecular complexity index is 1130. The number of aromatic nitrogens is 1. The van der Waals surface area contributed by atoms with Crippen LogP contribution in [0.4, 0.5) is 5.69 Å². The molecule has 0 atom stereocenters. The molecule has 0 spiro atoms. The van der Waals surface area contributed by atoms with Crippen LogP contribution in [0.5, 0.6) is 0 Å². The Morgan fingerprint density at radius 1 is 1.10 bits per heavy atom. The van der Waals surface area contributed by atoms with Crippen LogP contribution in [0.25, 0.3) is 10.9 Å². The molecule has 3 aromatic rings. The van der Waals surface area contributed by atoms with Gasteiger partial charge in [-0.1, -0.05) is 25.1 Å². The maximum absolute atomic E-state index is 12.8. The van der Waals surface area contributed by atoms with Gasteiger partial charge in [-0.05, 0) is 61.1 Å². The average Bonchev–Trinajstić information content (AvgIpc) is 3.16. The fourth-order valence-corrected chi connectivity index (χ4v) is 5.36. The fraction of sp³-hybridized carbons (Fsp3) is 0.348. The molecule has 2 aromatic carbocycles. The maximum Gasteiger partial charge on any atom is 0.243 e. The number of amides is 1. The van der Waals surface area contributed by atoms with Gasteiger partial charge in [0.05, 0.1) is 4.90 Å². The number of sulfonamides is 1. The molecule has 1 fully saturated rings. The molecule has 0 unspecified atom stereocenters. The van der Waals surface area contributed by atoms with E-state index >= 15 is 0 Å². The molecule has 0 radical (unpaired) electrons. The van der Waals surface area contributed by atoms with E-state index in [4.69, 9.17) is 0 Å². The van der Waals surface area contributed by atoms with E-state index in [-0.39, 0.29) is 10.8 Å². The van der Waals surface area contributed by atoms with Crippen LogP contribution in [0.15, 0.2) is 59.6 Å². The molecule has 30 heavy (non-hydrogen) atoms. The lowest BCUT2D eigenvalue weighted by Gasteiger charge is -2.29. The Kier molecular flexibility index (Phi) is 5.92. The largest absolute Gasteiger partial charge is 0.361 e. The van der Waals surface area contributed by atoms with E-state index in [0.29, 0.717) is 37.5 Å². The minimum absolute atomic E-state index is 0.0964. The molecule has 1 amide bonds. The van der Waals surface area contributed by atoms with Crippen molar-refractivity contribution in [2.24, 2.45) is 5.92 Å². The van der Waals surface area contributed by atoms with Crippen molar-refractivity contribution >= 4 is 32.5 Å². The number of benzene rings is 2. The number of piperidine rings is 1. The number of nitrogens with zero attached hydrogens (tertiary/aromatic N) is 1. The molecule has 1 saturated heterocycles. The second kappa shape index (κ2) is 8.62. The molecule has 1 aliphatic rings. The highest BCUT2D eigenvalue weighted by Crippen LogP contribution is 2.24. The zero-order valence-electron chi connectivity index (χ0n) is 17.1. The number of H-pyrrole nitrogens is 1. The Morgan fingerprint density at radius 3 is 2.53 bits per heavy atom. The van der Waals surface area contributed by atoms with Crippen molar-refractivity contribution in [2.45, 2.75) is 37.5 Å². The summed E-state index contributed by atoms with van der Waals surface area (Å²) in [5, 5.41) is 3.99. The quantitative estimate of drug-likeness (QED) is 0.622. The Labute approximate surface area is 177 Å². The first-order valence-electron chi connectivity index (χ1n) is 10.4. The van der Waals surface area contributed by atoms with Gasteiger partial charge in [0.15, 0.2) is 0 Å². The van der Waals surface area contributed by atoms with Gasteiger partial charge in [0.2, 0.25) is 15.9 Å². The van der Waals surface area contributed by atoms with Gasteiger partial charge in [0.1, 0.15) is 0 Å². The summed E-state index contributed by atoms with van der Waals surface area (Å²) in [6.07, 6.45) is 4.72. The summed E-state index contributed by atoms with van der Waals surface area (Å²) in [5.41, 5.74) is 2.77. The summed E-state index contributed by atoms with van der Waals surface area (Å²) in [4.78, 5) is 15.8. The molecule has 0 bridgehead atoms. The summed E-state index contributed by atoms with van der Waals surface area (Å²) in [6, 6.07) is 14.5. The Morgan fingerprint density at radius 2 is 1.80 bits per heavy atom. The number of hydrogen-bond acceptors (Lipinski definition) is 3. The monoisotopic (exact) mass is 425 g/mol. The van der Waals surface area contributed by atoms with Gasteiger partial charge < -0.3 is 10.3 Å². The minimum Gasteiger partial charge on any atom is -0.361 e. The van der Waals surface area contributed by atoms with E-state index in [1.807, 2.05) is 30.5 Å². The van der Waals surface area contributed by atoms with Crippen LogP contribution in [-0.2, 0) is 21.2 Å². The van der Waals surface area contributed by atoms with Crippen molar-refractivity contribution in [1.82, 2.24) is 9.29 Å². The number of hydrogen-bond donors (Lipinski definition) is 2. The number of aryl methyl sites for hydroxylation is 1. The zero-order chi connectivity index (χ0) is 21.1. The van der Waals surface area contributed by atoms with Crippen LogP contribution < -0.4 is 5.32 Å². The van der Waals surface area contributed by atoms with Gasteiger partial charge in [-0.25, -0.2) is 8.42 Å². The number of rotatable bonds is 6. The van der Waals surface area contributed by atoms with Gasteiger partial charge in [-0.2, -0.15) is 4.31 Å². The lowest BCUT2D eigenvalue weighted by Crippen LogP contribution is -2.37. The molecular weight excluding hydrogens is 398 g/mol. The number of para-hydroxylation sites is 1. The predicted octanol–water partition coefficient (Wildman–Crippen LogP) is 4.16. The van der Waals surface area contributed by atoms with E-state index in [9.17, 15) is 13.2 Å². The molecule has 4 rings (SSSR count). The topological polar surface area (TPSA) is 82.3 Å². The third-order valence-corrected chi connectivity index (χ3v) is 7.73.